The van der Waals surface area contributed by atoms with Gasteiger partial charge in [-0.15, -0.1) is 0 Å². The van der Waals surface area contributed by atoms with E-state index in [-0.39, 0.29) is 30.9 Å². The Balaban J connectivity index is 1.61. The number of nitrogens with zero attached hydrogens (tertiary/aromatic N) is 1. The zero-order valence-corrected chi connectivity index (χ0v) is 24.1. The van der Waals surface area contributed by atoms with Crippen molar-refractivity contribution >= 4 is 23.8 Å². The molecular formula is C32H43N3O6. The van der Waals surface area contributed by atoms with Gasteiger partial charge in [0.1, 0.15) is 18.7 Å². The van der Waals surface area contributed by atoms with E-state index in [1.807, 2.05) is 50.2 Å². The lowest BCUT2D eigenvalue weighted by molar-refractivity contribution is -0.151. The van der Waals surface area contributed by atoms with Gasteiger partial charge in [0.25, 0.3) is 0 Å². The normalized spacial score (nSPS) is 17.1. The van der Waals surface area contributed by atoms with Crippen molar-refractivity contribution in [3.05, 3.63) is 71.8 Å². The van der Waals surface area contributed by atoms with E-state index >= 15 is 0 Å². The maximum Gasteiger partial charge on any atom is 0.338 e. The van der Waals surface area contributed by atoms with E-state index in [0.717, 1.165) is 24.8 Å². The zero-order chi connectivity index (χ0) is 29.6. The number of rotatable bonds is 14. The minimum absolute atomic E-state index is 0.00941. The van der Waals surface area contributed by atoms with Crippen molar-refractivity contribution in [2.24, 2.45) is 11.7 Å². The molecule has 9 heteroatoms. The van der Waals surface area contributed by atoms with E-state index in [0.29, 0.717) is 37.8 Å². The smallest absolute Gasteiger partial charge is 0.338 e. The summed E-state index contributed by atoms with van der Waals surface area (Å²) in [5, 5.41) is 2.86. The molecule has 1 saturated heterocycles. The van der Waals surface area contributed by atoms with Gasteiger partial charge in [-0.25, -0.2) is 9.59 Å². The van der Waals surface area contributed by atoms with Gasteiger partial charge in [0.05, 0.1) is 18.2 Å². The number of hydrogen-bond acceptors (Lipinski definition) is 7. The van der Waals surface area contributed by atoms with Crippen LogP contribution in [-0.4, -0.2) is 59.9 Å². The van der Waals surface area contributed by atoms with Crippen molar-refractivity contribution in [2.45, 2.75) is 83.5 Å². The fourth-order valence-electron chi connectivity index (χ4n) is 4.78. The molecule has 3 N–H and O–H groups in total. The van der Waals surface area contributed by atoms with Crippen LogP contribution in [0.3, 0.4) is 0 Å². The van der Waals surface area contributed by atoms with Crippen LogP contribution in [0.4, 0.5) is 0 Å². The molecule has 1 aliphatic heterocycles. The molecule has 0 saturated carbocycles. The second-order valence-electron chi connectivity index (χ2n) is 10.6. The Hall–Kier alpha value is -3.72. The maximum atomic E-state index is 13.5. The number of likely N-dealkylation sites (tertiary alicyclic amines) is 1. The second kappa shape index (κ2) is 16.5. The summed E-state index contributed by atoms with van der Waals surface area (Å²) < 4.78 is 10.9. The molecular weight excluding hydrogens is 522 g/mol. The zero-order valence-electron chi connectivity index (χ0n) is 24.1. The van der Waals surface area contributed by atoms with Crippen LogP contribution in [0.5, 0.6) is 0 Å². The Bertz CT molecular complexity index is 1130. The molecule has 2 aromatic rings. The van der Waals surface area contributed by atoms with E-state index in [4.69, 9.17) is 15.2 Å². The highest BCUT2D eigenvalue weighted by molar-refractivity contribution is 5.92. The first-order valence-corrected chi connectivity index (χ1v) is 14.6. The van der Waals surface area contributed by atoms with E-state index in [9.17, 15) is 19.2 Å². The van der Waals surface area contributed by atoms with Gasteiger partial charge in [0.2, 0.25) is 11.8 Å². The average molecular weight is 566 g/mol. The van der Waals surface area contributed by atoms with Crippen LogP contribution in [0.15, 0.2) is 60.7 Å². The first-order valence-electron chi connectivity index (χ1n) is 14.6. The molecule has 9 nitrogen and oxygen atoms in total. The van der Waals surface area contributed by atoms with Crippen LogP contribution < -0.4 is 11.1 Å². The Morgan fingerprint density at radius 2 is 1.66 bits per heavy atom. The molecule has 3 rings (SSSR count). The number of nitrogens with two attached hydrogens (primary N) is 1. The van der Waals surface area contributed by atoms with Gasteiger partial charge in [0, 0.05) is 6.54 Å². The van der Waals surface area contributed by atoms with Gasteiger partial charge in [-0.1, -0.05) is 68.8 Å². The predicted molar refractivity (Wildman–Crippen MR) is 156 cm³/mol. The lowest BCUT2D eigenvalue weighted by Gasteiger charge is -2.37. The third-order valence-electron chi connectivity index (χ3n) is 7.59. The van der Waals surface area contributed by atoms with Gasteiger partial charge < -0.3 is 25.4 Å². The highest BCUT2D eigenvalue weighted by Crippen LogP contribution is 2.21. The molecule has 0 aliphatic carbocycles. The quantitative estimate of drug-likeness (QED) is 0.262. The molecule has 4 atom stereocenters. The third kappa shape index (κ3) is 9.70. The Labute approximate surface area is 242 Å². The van der Waals surface area contributed by atoms with Crippen molar-refractivity contribution in [1.29, 1.82) is 0 Å². The maximum absolute atomic E-state index is 13.5. The molecule has 2 aromatic carbocycles. The van der Waals surface area contributed by atoms with Crippen molar-refractivity contribution in [3.8, 4) is 0 Å². The standard InChI is InChI=1S/C32H43N3O6/c1-3-23(2)28(33)30(37)35-20-12-10-19-27(35)29(36)34-26(32(39)41-22-24-14-6-4-7-15-24)18-11-13-21-40-31(38)25-16-8-5-9-17-25/h4-9,14-17,23,26-28H,3,10-13,18-22,33H2,1-2H3,(H,34,36)/t23-,26-,27-,28-/m0/s1. The van der Waals surface area contributed by atoms with Gasteiger partial charge in [0.15, 0.2) is 0 Å². The molecule has 41 heavy (non-hydrogen) atoms. The lowest BCUT2D eigenvalue weighted by Crippen LogP contribution is -2.58. The van der Waals surface area contributed by atoms with E-state index in [2.05, 4.69) is 5.32 Å². The number of hydrogen-bond donors (Lipinski definition) is 2. The fourth-order valence-corrected chi connectivity index (χ4v) is 4.78. The van der Waals surface area contributed by atoms with Crippen LogP contribution in [0.2, 0.25) is 0 Å². The number of amides is 2. The first kappa shape index (κ1) is 31.8. The fraction of sp³-hybridized carbons (Fsp3) is 0.500. The summed E-state index contributed by atoms with van der Waals surface area (Å²) in [5.74, 6) is -1.58. The van der Waals surface area contributed by atoms with E-state index in [1.54, 1.807) is 29.2 Å². The topological polar surface area (TPSA) is 128 Å². The lowest BCUT2D eigenvalue weighted by atomic mass is 9.95. The Morgan fingerprint density at radius 1 is 0.976 bits per heavy atom. The number of unbranched alkanes of at least 4 members (excludes halogenated alkanes) is 1. The van der Waals surface area contributed by atoms with Gasteiger partial charge in [-0.2, -0.15) is 0 Å². The van der Waals surface area contributed by atoms with Gasteiger partial charge >= 0.3 is 11.9 Å². The molecule has 0 unspecified atom stereocenters. The minimum Gasteiger partial charge on any atom is -0.462 e. The molecule has 0 aromatic heterocycles. The van der Waals surface area contributed by atoms with Crippen LogP contribution in [0, 0.1) is 5.92 Å². The largest absolute Gasteiger partial charge is 0.462 e. The molecule has 1 heterocycles. The van der Waals surface area contributed by atoms with Crippen LogP contribution in [0.25, 0.3) is 0 Å². The number of carbonyl (C=O) groups excluding carboxylic acids is 4. The monoisotopic (exact) mass is 565 g/mol. The molecule has 2 amide bonds. The number of piperidine rings is 1. The molecule has 222 valence electrons. The van der Waals surface area contributed by atoms with E-state index in [1.165, 1.54) is 0 Å². The number of benzene rings is 2. The number of ether oxygens (including phenoxy) is 2. The van der Waals surface area contributed by atoms with Crippen molar-refractivity contribution in [1.82, 2.24) is 10.2 Å². The SMILES string of the molecule is CC[C@H](C)[C@H](N)C(=O)N1CCCC[C@H]1C(=O)N[C@@H](CCCCOC(=O)c1ccccc1)C(=O)OCc1ccccc1. The summed E-state index contributed by atoms with van der Waals surface area (Å²) in [7, 11) is 0. The third-order valence-corrected chi connectivity index (χ3v) is 7.59. The Kier molecular flexibility index (Phi) is 12.8. The van der Waals surface area contributed by atoms with E-state index < -0.39 is 30.1 Å². The summed E-state index contributed by atoms with van der Waals surface area (Å²) in [5.41, 5.74) is 7.54. The molecule has 0 radical (unpaired) electrons. The van der Waals surface area contributed by atoms with Gasteiger partial charge in [-0.05, 0) is 62.1 Å². The molecule has 0 spiro atoms. The average Bonchev–Trinajstić information content (AvgIpc) is 3.02. The van der Waals surface area contributed by atoms with Gasteiger partial charge in [-0.3, -0.25) is 9.59 Å². The predicted octanol–water partition coefficient (Wildman–Crippen LogP) is 4.00. The number of carbonyl (C=O) groups is 4. The second-order valence-corrected chi connectivity index (χ2v) is 10.6. The summed E-state index contributed by atoms with van der Waals surface area (Å²) in [6, 6.07) is 15.8. The van der Waals surface area contributed by atoms with Crippen molar-refractivity contribution in [3.63, 3.8) is 0 Å². The first-order chi connectivity index (χ1) is 19.8. The Morgan fingerprint density at radius 3 is 2.34 bits per heavy atom. The minimum atomic E-state index is -0.904. The number of nitrogens with one attached hydrogen (secondary N) is 1. The molecule has 0 bridgehead atoms. The van der Waals surface area contributed by atoms with Crippen molar-refractivity contribution < 1.29 is 28.7 Å². The summed E-state index contributed by atoms with van der Waals surface area (Å²) in [6.07, 6.45) is 4.19. The molecule has 1 aliphatic rings. The van der Waals surface area contributed by atoms with Crippen LogP contribution >= 0.6 is 0 Å². The summed E-state index contributed by atoms with van der Waals surface area (Å²) in [6.45, 7) is 4.63. The van der Waals surface area contributed by atoms with Crippen molar-refractivity contribution in [2.75, 3.05) is 13.2 Å². The van der Waals surface area contributed by atoms with Crippen LogP contribution in [-0.2, 0) is 30.5 Å². The molecule has 1 fully saturated rings. The summed E-state index contributed by atoms with van der Waals surface area (Å²) in [4.78, 5) is 53.5. The summed E-state index contributed by atoms with van der Waals surface area (Å²) >= 11 is 0. The highest BCUT2D eigenvalue weighted by Gasteiger charge is 2.37. The van der Waals surface area contributed by atoms with Crippen LogP contribution in [0.1, 0.15) is 74.7 Å². The number of esters is 2. The highest BCUT2D eigenvalue weighted by atomic mass is 16.5.